The third-order valence-corrected chi connectivity index (χ3v) is 3.99. The van der Waals surface area contributed by atoms with Crippen LogP contribution in [0, 0.1) is 0 Å². The van der Waals surface area contributed by atoms with Crippen molar-refractivity contribution in [1.82, 2.24) is 5.32 Å². The molecule has 0 atom stereocenters. The van der Waals surface area contributed by atoms with Gasteiger partial charge in [-0.3, -0.25) is 4.99 Å². The average molecular weight is 310 g/mol. The van der Waals surface area contributed by atoms with Crippen LogP contribution in [0.2, 0.25) is 0 Å². The van der Waals surface area contributed by atoms with Crippen LogP contribution in [0.25, 0.3) is 0 Å². The Morgan fingerprint density at radius 2 is 1.96 bits per heavy atom. The molecule has 1 aromatic rings. The molecule has 0 unspecified atom stereocenters. The summed E-state index contributed by atoms with van der Waals surface area (Å²) in [5.74, 6) is 0. The first-order valence-electron chi connectivity index (χ1n) is 8.36. The Bertz CT molecular complexity index is 619. The van der Waals surface area contributed by atoms with Gasteiger partial charge in [-0.25, -0.2) is 0 Å². The number of nitrogens with zero attached hydrogens (tertiary/aromatic N) is 1. The second-order valence-corrected chi connectivity index (χ2v) is 5.65. The number of hydrogen-bond donors (Lipinski definition) is 1. The standard InChI is InChI=1S/C21H30N2/c1-7-18-10-11-21(19(8-2)13-18)15-23-17(5)12-16(4)20(9-3)14-22-6/h9-14,23H,5,7-8,15H2,1-4,6H3/b16-12-,20-9-,22-14?. The van der Waals surface area contributed by atoms with Crippen molar-refractivity contribution in [2.45, 2.75) is 47.1 Å². The third-order valence-electron chi connectivity index (χ3n) is 3.99. The Labute approximate surface area is 141 Å². The number of rotatable bonds is 8. The molecule has 0 radical (unpaired) electrons. The van der Waals surface area contributed by atoms with Crippen molar-refractivity contribution >= 4 is 6.21 Å². The molecule has 124 valence electrons. The van der Waals surface area contributed by atoms with Crippen molar-refractivity contribution in [2.24, 2.45) is 4.99 Å². The summed E-state index contributed by atoms with van der Waals surface area (Å²) in [5.41, 5.74) is 7.37. The molecule has 0 saturated heterocycles. The predicted molar refractivity (Wildman–Crippen MR) is 103 cm³/mol. The third kappa shape index (κ3) is 5.90. The quantitative estimate of drug-likeness (QED) is 0.530. The van der Waals surface area contributed by atoms with E-state index in [1.807, 2.05) is 13.1 Å². The van der Waals surface area contributed by atoms with Crippen molar-refractivity contribution in [3.8, 4) is 0 Å². The summed E-state index contributed by atoms with van der Waals surface area (Å²) in [5, 5.41) is 3.42. The first-order chi connectivity index (χ1) is 11.0. The van der Waals surface area contributed by atoms with Crippen molar-refractivity contribution in [3.63, 3.8) is 0 Å². The molecule has 1 rings (SSSR count). The average Bonchev–Trinajstić information content (AvgIpc) is 2.57. The van der Waals surface area contributed by atoms with Gasteiger partial charge >= 0.3 is 0 Å². The van der Waals surface area contributed by atoms with E-state index in [1.54, 1.807) is 7.05 Å². The molecule has 0 aromatic heterocycles. The molecule has 0 aliphatic heterocycles. The fourth-order valence-electron chi connectivity index (χ4n) is 2.55. The molecule has 0 aliphatic carbocycles. The largest absolute Gasteiger partial charge is 0.381 e. The first kappa shape index (κ1) is 19.0. The van der Waals surface area contributed by atoms with Crippen LogP contribution < -0.4 is 5.32 Å². The van der Waals surface area contributed by atoms with Crippen LogP contribution in [0.5, 0.6) is 0 Å². The second-order valence-electron chi connectivity index (χ2n) is 5.65. The molecule has 1 aromatic carbocycles. The van der Waals surface area contributed by atoms with Gasteiger partial charge < -0.3 is 5.32 Å². The summed E-state index contributed by atoms with van der Waals surface area (Å²) >= 11 is 0. The minimum absolute atomic E-state index is 0.808. The highest BCUT2D eigenvalue weighted by Gasteiger charge is 2.03. The maximum Gasteiger partial charge on any atom is 0.0403 e. The molecule has 2 heteroatoms. The van der Waals surface area contributed by atoms with Gasteiger partial charge in [0.1, 0.15) is 0 Å². The number of aryl methyl sites for hydroxylation is 2. The highest BCUT2D eigenvalue weighted by atomic mass is 14.9. The Hall–Kier alpha value is -2.09. The number of benzene rings is 1. The first-order valence-corrected chi connectivity index (χ1v) is 8.36. The molecular formula is C21H30N2. The van der Waals surface area contributed by atoms with Gasteiger partial charge in [0.25, 0.3) is 0 Å². The van der Waals surface area contributed by atoms with E-state index in [1.165, 1.54) is 16.7 Å². The van der Waals surface area contributed by atoms with Gasteiger partial charge in [-0.05, 0) is 60.6 Å². The summed E-state index contributed by atoms with van der Waals surface area (Å²) in [6.07, 6.45) is 8.15. The van der Waals surface area contributed by atoms with E-state index in [9.17, 15) is 0 Å². The van der Waals surface area contributed by atoms with E-state index in [-0.39, 0.29) is 0 Å². The fraction of sp³-hybridized carbons (Fsp3) is 0.381. The summed E-state index contributed by atoms with van der Waals surface area (Å²) in [7, 11) is 1.79. The summed E-state index contributed by atoms with van der Waals surface area (Å²) in [6.45, 7) is 13.4. The molecule has 0 fully saturated rings. The van der Waals surface area contributed by atoms with E-state index in [0.29, 0.717) is 0 Å². The van der Waals surface area contributed by atoms with Crippen LogP contribution in [0.15, 0.2) is 58.8 Å². The zero-order chi connectivity index (χ0) is 17.2. The minimum atomic E-state index is 0.808. The van der Waals surface area contributed by atoms with E-state index in [4.69, 9.17) is 0 Å². The zero-order valence-corrected chi connectivity index (χ0v) is 15.2. The van der Waals surface area contributed by atoms with Crippen LogP contribution >= 0.6 is 0 Å². The zero-order valence-electron chi connectivity index (χ0n) is 15.2. The lowest BCUT2D eigenvalue weighted by molar-refractivity contribution is 0.820. The van der Waals surface area contributed by atoms with Gasteiger partial charge in [-0.1, -0.05) is 44.7 Å². The minimum Gasteiger partial charge on any atom is -0.381 e. The van der Waals surface area contributed by atoms with Crippen LogP contribution in [0.3, 0.4) is 0 Å². The van der Waals surface area contributed by atoms with Crippen molar-refractivity contribution in [3.05, 3.63) is 70.5 Å². The maximum absolute atomic E-state index is 4.12. The maximum atomic E-state index is 4.12. The SMILES string of the molecule is C=C(/C=C(C)\C(C=NC)=C/C)NCc1ccc(CC)cc1CC. The van der Waals surface area contributed by atoms with E-state index < -0.39 is 0 Å². The van der Waals surface area contributed by atoms with Crippen LogP contribution in [0.4, 0.5) is 0 Å². The molecule has 0 amide bonds. The fourth-order valence-corrected chi connectivity index (χ4v) is 2.55. The Balaban J connectivity index is 2.77. The van der Waals surface area contributed by atoms with Gasteiger partial charge in [0, 0.05) is 25.5 Å². The second kappa shape index (κ2) is 9.83. The summed E-state index contributed by atoms with van der Waals surface area (Å²) in [4.78, 5) is 4.08. The Morgan fingerprint density at radius 3 is 2.52 bits per heavy atom. The molecule has 0 bridgehead atoms. The molecule has 0 aliphatic rings. The molecule has 1 N–H and O–H groups in total. The molecule has 0 spiro atoms. The van der Waals surface area contributed by atoms with Gasteiger partial charge in [-0.2, -0.15) is 0 Å². The van der Waals surface area contributed by atoms with Gasteiger partial charge in [0.15, 0.2) is 0 Å². The number of nitrogens with one attached hydrogen (secondary N) is 1. The Kier molecular flexibility index (Phi) is 8.10. The molecular weight excluding hydrogens is 280 g/mol. The monoisotopic (exact) mass is 310 g/mol. The molecule has 0 saturated carbocycles. The lowest BCUT2D eigenvalue weighted by Crippen LogP contribution is -2.12. The van der Waals surface area contributed by atoms with Crippen molar-refractivity contribution in [2.75, 3.05) is 7.05 Å². The van der Waals surface area contributed by atoms with Crippen LogP contribution in [-0.2, 0) is 19.4 Å². The number of aliphatic imine (C=N–C) groups is 1. The highest BCUT2D eigenvalue weighted by Crippen LogP contribution is 2.15. The topological polar surface area (TPSA) is 24.4 Å². The number of allylic oxidation sites excluding steroid dienone is 4. The molecule has 0 heterocycles. The normalized spacial score (nSPS) is 12.7. The molecule has 23 heavy (non-hydrogen) atoms. The van der Waals surface area contributed by atoms with E-state index >= 15 is 0 Å². The lowest BCUT2D eigenvalue weighted by Gasteiger charge is -2.13. The summed E-state index contributed by atoms with van der Waals surface area (Å²) in [6, 6.07) is 6.77. The predicted octanol–water partition coefficient (Wildman–Crippen LogP) is 5.01. The van der Waals surface area contributed by atoms with E-state index in [0.717, 1.165) is 36.2 Å². The smallest absolute Gasteiger partial charge is 0.0403 e. The van der Waals surface area contributed by atoms with E-state index in [2.05, 4.69) is 68.0 Å². The van der Waals surface area contributed by atoms with Crippen LogP contribution in [0.1, 0.15) is 44.4 Å². The summed E-state index contributed by atoms with van der Waals surface area (Å²) < 4.78 is 0. The van der Waals surface area contributed by atoms with Gasteiger partial charge in [-0.15, -0.1) is 0 Å². The Morgan fingerprint density at radius 1 is 1.22 bits per heavy atom. The van der Waals surface area contributed by atoms with Crippen molar-refractivity contribution < 1.29 is 0 Å². The van der Waals surface area contributed by atoms with Crippen molar-refractivity contribution in [1.29, 1.82) is 0 Å². The van der Waals surface area contributed by atoms with Gasteiger partial charge in [0.05, 0.1) is 0 Å². The van der Waals surface area contributed by atoms with Crippen LogP contribution in [-0.4, -0.2) is 13.3 Å². The lowest BCUT2D eigenvalue weighted by atomic mass is 10.0. The molecule has 2 nitrogen and oxygen atoms in total. The highest BCUT2D eigenvalue weighted by molar-refractivity contribution is 5.84. The van der Waals surface area contributed by atoms with Gasteiger partial charge in [0.2, 0.25) is 0 Å². The number of hydrogen-bond acceptors (Lipinski definition) is 2.